The molecule has 136 valence electrons. The van der Waals surface area contributed by atoms with Crippen LogP contribution in [0.15, 0.2) is 23.1 Å². The molecule has 2 heterocycles. The monoisotopic (exact) mass is 366 g/mol. The number of benzene rings is 1. The SMILES string of the molecule is CC(=O)N1CCc2ccc(S(=O)(=O)N3CCCC3C(=O)O)cc2CC1. The van der Waals surface area contributed by atoms with Gasteiger partial charge < -0.3 is 10.0 Å². The maximum Gasteiger partial charge on any atom is 0.322 e. The molecule has 7 nitrogen and oxygen atoms in total. The van der Waals surface area contributed by atoms with E-state index < -0.39 is 22.0 Å². The number of carboxylic acids is 1. The number of carboxylic acid groups (broad SMARTS) is 1. The van der Waals surface area contributed by atoms with Crippen molar-refractivity contribution in [3.05, 3.63) is 29.3 Å². The van der Waals surface area contributed by atoms with E-state index in [4.69, 9.17) is 0 Å². The van der Waals surface area contributed by atoms with Crippen LogP contribution in [0.3, 0.4) is 0 Å². The van der Waals surface area contributed by atoms with Gasteiger partial charge in [-0.2, -0.15) is 4.31 Å². The van der Waals surface area contributed by atoms with Crippen molar-refractivity contribution in [3.63, 3.8) is 0 Å². The standard InChI is InChI=1S/C17H22N2O5S/c1-12(20)18-9-6-13-4-5-15(11-14(13)7-10-18)25(23,24)19-8-2-3-16(19)17(21)22/h4-5,11,16H,2-3,6-10H2,1H3,(H,21,22). The predicted octanol–water partition coefficient (Wildman–Crippen LogP) is 0.871. The summed E-state index contributed by atoms with van der Waals surface area (Å²) >= 11 is 0. The number of carbonyl (C=O) groups excluding carboxylic acids is 1. The van der Waals surface area contributed by atoms with Crippen molar-refractivity contribution in [1.29, 1.82) is 0 Å². The fraction of sp³-hybridized carbons (Fsp3) is 0.529. The van der Waals surface area contributed by atoms with Crippen molar-refractivity contribution < 1.29 is 23.1 Å². The molecule has 0 spiro atoms. The highest BCUT2D eigenvalue weighted by Crippen LogP contribution is 2.28. The summed E-state index contributed by atoms with van der Waals surface area (Å²) in [5.41, 5.74) is 1.95. The summed E-state index contributed by atoms with van der Waals surface area (Å²) in [4.78, 5) is 24.8. The second-order valence-corrected chi connectivity index (χ2v) is 8.44. The van der Waals surface area contributed by atoms with Crippen molar-refractivity contribution in [2.24, 2.45) is 0 Å². The molecule has 1 saturated heterocycles. The largest absolute Gasteiger partial charge is 0.480 e. The Labute approximate surface area is 147 Å². The lowest BCUT2D eigenvalue weighted by Gasteiger charge is -2.21. The zero-order valence-electron chi connectivity index (χ0n) is 14.1. The Morgan fingerprint density at radius 3 is 2.44 bits per heavy atom. The van der Waals surface area contributed by atoms with Crippen molar-refractivity contribution in [2.45, 2.75) is 43.5 Å². The minimum absolute atomic E-state index is 0.0158. The molecule has 25 heavy (non-hydrogen) atoms. The second kappa shape index (κ2) is 6.76. The lowest BCUT2D eigenvalue weighted by Crippen LogP contribution is -2.40. The fourth-order valence-electron chi connectivity index (χ4n) is 3.59. The van der Waals surface area contributed by atoms with E-state index in [9.17, 15) is 23.1 Å². The van der Waals surface area contributed by atoms with Crippen LogP contribution in [0, 0.1) is 0 Å². The van der Waals surface area contributed by atoms with Crippen LogP contribution >= 0.6 is 0 Å². The molecule has 1 aromatic carbocycles. The number of carbonyl (C=O) groups is 2. The number of nitrogens with zero attached hydrogens (tertiary/aromatic N) is 2. The Morgan fingerprint density at radius 1 is 1.12 bits per heavy atom. The fourth-order valence-corrected chi connectivity index (χ4v) is 5.29. The van der Waals surface area contributed by atoms with Crippen LogP contribution in [0.4, 0.5) is 0 Å². The molecule has 1 amide bonds. The number of amides is 1. The number of aliphatic carboxylic acids is 1. The molecular formula is C17H22N2O5S. The summed E-state index contributed by atoms with van der Waals surface area (Å²) in [5.74, 6) is -1.09. The van der Waals surface area contributed by atoms with Crippen LogP contribution in [0.25, 0.3) is 0 Å². The highest BCUT2D eigenvalue weighted by Gasteiger charge is 2.39. The predicted molar refractivity (Wildman–Crippen MR) is 90.7 cm³/mol. The summed E-state index contributed by atoms with van der Waals surface area (Å²) < 4.78 is 26.9. The quantitative estimate of drug-likeness (QED) is 0.857. The number of sulfonamides is 1. The Kier molecular flexibility index (Phi) is 4.83. The van der Waals surface area contributed by atoms with Crippen LogP contribution in [0.5, 0.6) is 0 Å². The molecule has 1 N–H and O–H groups in total. The van der Waals surface area contributed by atoms with Crippen LogP contribution in [-0.4, -0.2) is 60.3 Å². The Bertz CT molecular complexity index is 805. The minimum Gasteiger partial charge on any atom is -0.480 e. The molecule has 0 saturated carbocycles. The van der Waals surface area contributed by atoms with Gasteiger partial charge >= 0.3 is 5.97 Å². The van der Waals surface area contributed by atoms with Crippen molar-refractivity contribution >= 4 is 21.9 Å². The van der Waals surface area contributed by atoms with E-state index in [1.807, 2.05) is 0 Å². The molecule has 8 heteroatoms. The number of hydrogen-bond acceptors (Lipinski definition) is 4. The molecule has 2 aliphatic rings. The lowest BCUT2D eigenvalue weighted by molar-refractivity contribution is -0.140. The molecule has 1 unspecified atom stereocenters. The third-order valence-corrected chi connectivity index (χ3v) is 6.92. The van der Waals surface area contributed by atoms with Crippen LogP contribution < -0.4 is 0 Å². The molecule has 0 aliphatic carbocycles. The Morgan fingerprint density at radius 2 is 1.80 bits per heavy atom. The first kappa shape index (κ1) is 17.9. The second-order valence-electron chi connectivity index (χ2n) is 6.55. The van der Waals surface area contributed by atoms with Gasteiger partial charge in [0.05, 0.1) is 4.90 Å². The smallest absolute Gasteiger partial charge is 0.322 e. The molecule has 1 aromatic rings. The highest BCUT2D eigenvalue weighted by atomic mass is 32.2. The number of fused-ring (bicyclic) bond motifs is 1. The van der Waals surface area contributed by atoms with Crippen LogP contribution in [0.1, 0.15) is 30.9 Å². The topological polar surface area (TPSA) is 95.0 Å². The molecule has 2 aliphatic heterocycles. The van der Waals surface area contributed by atoms with Crippen LogP contribution in [0.2, 0.25) is 0 Å². The third kappa shape index (κ3) is 3.41. The average molecular weight is 366 g/mol. The molecule has 0 bridgehead atoms. The van der Waals surface area contributed by atoms with E-state index in [1.165, 1.54) is 6.92 Å². The van der Waals surface area contributed by atoms with Gasteiger partial charge in [-0.25, -0.2) is 8.42 Å². The molecule has 1 fully saturated rings. The molecule has 0 aromatic heterocycles. The summed E-state index contributed by atoms with van der Waals surface area (Å²) in [6.07, 6.45) is 2.18. The third-order valence-electron chi connectivity index (χ3n) is 5.02. The van der Waals surface area contributed by atoms with E-state index in [-0.39, 0.29) is 17.3 Å². The first-order valence-corrected chi connectivity index (χ1v) is 9.86. The summed E-state index contributed by atoms with van der Waals surface area (Å²) in [6.45, 7) is 2.95. The first-order valence-electron chi connectivity index (χ1n) is 8.42. The van der Waals surface area contributed by atoms with Crippen molar-refractivity contribution in [1.82, 2.24) is 9.21 Å². The maximum absolute atomic E-state index is 12.9. The zero-order valence-corrected chi connectivity index (χ0v) is 15.0. The van der Waals surface area contributed by atoms with Crippen molar-refractivity contribution in [2.75, 3.05) is 19.6 Å². The normalized spacial score (nSPS) is 21.6. The average Bonchev–Trinajstić information content (AvgIpc) is 2.96. The van der Waals surface area contributed by atoms with E-state index in [0.29, 0.717) is 38.8 Å². The van der Waals surface area contributed by atoms with Gasteiger partial charge in [-0.3, -0.25) is 9.59 Å². The van der Waals surface area contributed by atoms with Gasteiger partial charge in [0.15, 0.2) is 0 Å². The van der Waals surface area contributed by atoms with Crippen LogP contribution in [-0.2, 0) is 32.5 Å². The molecule has 0 radical (unpaired) electrons. The summed E-state index contributed by atoms with van der Waals surface area (Å²) in [7, 11) is -3.84. The number of hydrogen-bond donors (Lipinski definition) is 1. The van der Waals surface area contributed by atoms with Gasteiger partial charge in [0, 0.05) is 26.6 Å². The van der Waals surface area contributed by atoms with Gasteiger partial charge in [0.1, 0.15) is 6.04 Å². The van der Waals surface area contributed by atoms with E-state index in [2.05, 4.69) is 0 Å². The van der Waals surface area contributed by atoms with Gasteiger partial charge in [-0.1, -0.05) is 6.07 Å². The zero-order chi connectivity index (χ0) is 18.2. The Hall–Kier alpha value is -1.93. The minimum atomic E-state index is -3.84. The van der Waals surface area contributed by atoms with E-state index in [1.54, 1.807) is 23.1 Å². The van der Waals surface area contributed by atoms with Gasteiger partial charge in [-0.05, 0) is 48.9 Å². The van der Waals surface area contributed by atoms with E-state index >= 15 is 0 Å². The summed E-state index contributed by atoms with van der Waals surface area (Å²) in [5, 5.41) is 9.26. The Balaban J connectivity index is 1.90. The molecule has 1 atom stereocenters. The molecule has 3 rings (SSSR count). The molecular weight excluding hydrogens is 344 g/mol. The van der Waals surface area contributed by atoms with Gasteiger partial charge in [0.25, 0.3) is 0 Å². The van der Waals surface area contributed by atoms with Gasteiger partial charge in [-0.15, -0.1) is 0 Å². The number of rotatable bonds is 3. The first-order chi connectivity index (χ1) is 11.8. The van der Waals surface area contributed by atoms with E-state index in [0.717, 1.165) is 15.4 Å². The maximum atomic E-state index is 12.9. The van der Waals surface area contributed by atoms with Gasteiger partial charge in [0.2, 0.25) is 15.9 Å². The van der Waals surface area contributed by atoms with Crippen molar-refractivity contribution in [3.8, 4) is 0 Å². The summed E-state index contributed by atoms with van der Waals surface area (Å²) in [6, 6.07) is 4.00. The highest BCUT2D eigenvalue weighted by molar-refractivity contribution is 7.89. The lowest BCUT2D eigenvalue weighted by atomic mass is 10.0.